The number of nitrogens with one attached hydrogen (secondary N) is 1. The Labute approximate surface area is 205 Å². The Kier molecular flexibility index (Phi) is 10.1. The molecule has 1 fully saturated rings. The second-order valence-electron chi connectivity index (χ2n) is 7.63. The number of amides is 1. The zero-order valence-electron chi connectivity index (χ0n) is 19.4. The normalized spacial score (nSPS) is 16.8. The number of nitrogens with zero attached hydrogens (tertiary/aromatic N) is 2. The molecule has 0 saturated heterocycles. The minimum absolute atomic E-state index is 0.105. The van der Waals surface area contributed by atoms with Crippen molar-refractivity contribution in [3.05, 3.63) is 53.1 Å². The molecular formula is C22H30F2N7O3S+. The zero-order valence-corrected chi connectivity index (χ0v) is 20.2. The maximum absolute atomic E-state index is 14.2. The number of thioether (sulfide) groups is 1. The number of hydrogen-bond donors (Lipinski definition) is 6. The number of hydrogen-bond acceptors (Lipinski definition) is 8. The summed E-state index contributed by atoms with van der Waals surface area (Å²) in [5.74, 6) is 6.60. The van der Waals surface area contributed by atoms with Gasteiger partial charge in [-0.3, -0.25) is 14.6 Å². The highest BCUT2D eigenvalue weighted by atomic mass is 32.2. The summed E-state index contributed by atoms with van der Waals surface area (Å²) in [6, 6.07) is 8.97. The third kappa shape index (κ3) is 6.74. The zero-order chi connectivity index (χ0) is 26.2. The highest BCUT2D eigenvalue weighted by Crippen LogP contribution is 2.47. The van der Waals surface area contributed by atoms with Gasteiger partial charge in [0.1, 0.15) is 6.29 Å². The molecule has 3 rings (SSSR count). The van der Waals surface area contributed by atoms with Crippen LogP contribution in [0.25, 0.3) is 0 Å². The number of rotatable bonds is 6. The monoisotopic (exact) mass is 510 g/mol. The van der Waals surface area contributed by atoms with E-state index >= 15 is 0 Å². The van der Waals surface area contributed by atoms with Gasteiger partial charge in [-0.25, -0.2) is 19.8 Å². The van der Waals surface area contributed by atoms with E-state index in [-0.39, 0.29) is 34.0 Å². The number of nitrogens with two attached hydrogens (primary N) is 4. The van der Waals surface area contributed by atoms with Crippen LogP contribution in [0.4, 0.5) is 20.2 Å². The minimum atomic E-state index is -2.87. The highest BCUT2D eigenvalue weighted by molar-refractivity contribution is 8.13. The first kappa shape index (κ1) is 28.1. The van der Waals surface area contributed by atoms with Crippen LogP contribution in [0.3, 0.4) is 0 Å². The summed E-state index contributed by atoms with van der Waals surface area (Å²) >= 11 is 1.04. The molecule has 10 N–H and O–H groups in total. The average molecular weight is 511 g/mol. The molecule has 0 spiro atoms. The maximum atomic E-state index is 14.2. The van der Waals surface area contributed by atoms with Crippen LogP contribution in [0.2, 0.25) is 0 Å². The van der Waals surface area contributed by atoms with Crippen molar-refractivity contribution in [3.8, 4) is 0 Å². The Morgan fingerprint density at radius 3 is 2.57 bits per heavy atom. The molecule has 190 valence electrons. The summed E-state index contributed by atoms with van der Waals surface area (Å²) in [6.45, 7) is 0. The molecule has 2 aromatic carbocycles. The van der Waals surface area contributed by atoms with Gasteiger partial charge in [-0.1, -0.05) is 6.07 Å². The Morgan fingerprint density at radius 2 is 2.03 bits per heavy atom. The molecule has 0 bridgehead atoms. The molecule has 13 heteroatoms. The van der Waals surface area contributed by atoms with Gasteiger partial charge in [-0.2, -0.15) is 10.6 Å². The second-order valence-corrected chi connectivity index (χ2v) is 8.64. The van der Waals surface area contributed by atoms with E-state index in [4.69, 9.17) is 11.7 Å². The summed E-state index contributed by atoms with van der Waals surface area (Å²) < 4.78 is 28.4. The molecular weight excluding hydrogens is 480 g/mol. The number of quaternary nitrogens is 1. The van der Waals surface area contributed by atoms with Crippen LogP contribution >= 0.6 is 11.8 Å². The molecule has 0 aromatic heterocycles. The Bertz CT molecular complexity index is 1080. The SMILES string of the molecule is CN.CN(N)/C(=N\N)Sc1ccc([NH2+]O)cc1C(=O)Nc1ccc(C2CCCC2(F)F)c(C=O)c1. The van der Waals surface area contributed by atoms with Crippen molar-refractivity contribution >= 4 is 40.5 Å². The Morgan fingerprint density at radius 1 is 1.31 bits per heavy atom. The summed E-state index contributed by atoms with van der Waals surface area (Å²) in [4.78, 5) is 25.1. The fourth-order valence-electron chi connectivity index (χ4n) is 3.76. The number of halogens is 2. The third-order valence-corrected chi connectivity index (χ3v) is 6.52. The van der Waals surface area contributed by atoms with Crippen molar-refractivity contribution in [2.24, 2.45) is 22.5 Å². The van der Waals surface area contributed by atoms with Gasteiger partial charge in [0.15, 0.2) is 5.69 Å². The number of hydrazone groups is 1. The number of benzene rings is 2. The largest absolute Gasteiger partial charge is 0.333 e. The molecule has 35 heavy (non-hydrogen) atoms. The molecule has 1 atom stereocenters. The van der Waals surface area contributed by atoms with Crippen LogP contribution in [0.15, 0.2) is 46.4 Å². The molecule has 2 aromatic rings. The van der Waals surface area contributed by atoms with Crippen molar-refractivity contribution in [2.75, 3.05) is 19.4 Å². The van der Waals surface area contributed by atoms with Gasteiger partial charge in [-0.15, -0.1) is 0 Å². The lowest BCUT2D eigenvalue weighted by Crippen LogP contribution is -2.73. The maximum Gasteiger partial charge on any atom is 0.257 e. The van der Waals surface area contributed by atoms with Gasteiger partial charge in [0.25, 0.3) is 11.8 Å². The molecule has 1 aliphatic carbocycles. The van der Waals surface area contributed by atoms with Crippen molar-refractivity contribution in [1.82, 2.24) is 5.01 Å². The minimum Gasteiger partial charge on any atom is -0.333 e. The Balaban J connectivity index is 0.00000210. The predicted molar refractivity (Wildman–Crippen MR) is 131 cm³/mol. The number of alkyl halides is 2. The van der Waals surface area contributed by atoms with Crippen molar-refractivity contribution in [1.29, 1.82) is 0 Å². The van der Waals surface area contributed by atoms with Crippen molar-refractivity contribution < 1.29 is 29.1 Å². The van der Waals surface area contributed by atoms with E-state index in [0.717, 1.165) is 17.2 Å². The molecule has 10 nitrogen and oxygen atoms in total. The van der Waals surface area contributed by atoms with E-state index in [1.165, 1.54) is 43.4 Å². The summed E-state index contributed by atoms with van der Waals surface area (Å²) in [5, 5.41) is 17.0. The standard InChI is InChI=1S/C21H24F2N6O3S.CH5N/c1-29(25)20(27-24)33-18-7-5-14(28-32)10-16(18)19(31)26-13-4-6-15(12(9-13)11-30)17-3-2-8-21(17,22)23;1-2/h4-7,9-11,17,28,32H,2-3,8,24-25H2,1H3,(H,26,31);2H2,1H3/p+1/b27-20+;. The molecule has 1 aliphatic rings. The number of hydrazine groups is 1. The van der Waals surface area contributed by atoms with Crippen molar-refractivity contribution in [2.45, 2.75) is 36.0 Å². The summed E-state index contributed by atoms with van der Waals surface area (Å²) in [7, 11) is 3.03. The lowest BCUT2D eigenvalue weighted by atomic mass is 9.91. The van der Waals surface area contributed by atoms with E-state index in [0.29, 0.717) is 29.7 Å². The van der Waals surface area contributed by atoms with Crippen LogP contribution in [-0.2, 0) is 0 Å². The number of carbonyl (C=O) groups is 2. The van der Waals surface area contributed by atoms with Gasteiger partial charge in [0.2, 0.25) is 5.17 Å². The van der Waals surface area contributed by atoms with Gasteiger partial charge >= 0.3 is 0 Å². The van der Waals surface area contributed by atoms with Crippen LogP contribution < -0.4 is 28.2 Å². The van der Waals surface area contributed by atoms with Gasteiger partial charge in [-0.05, 0) is 55.4 Å². The third-order valence-electron chi connectivity index (χ3n) is 5.37. The number of aldehydes is 1. The lowest BCUT2D eigenvalue weighted by molar-refractivity contribution is -0.825. The topological polar surface area (TPSA) is 177 Å². The van der Waals surface area contributed by atoms with E-state index < -0.39 is 17.7 Å². The quantitative estimate of drug-likeness (QED) is 0.0649. The fourth-order valence-corrected chi connectivity index (χ4v) is 4.55. The van der Waals surface area contributed by atoms with E-state index in [9.17, 15) is 23.6 Å². The van der Waals surface area contributed by atoms with Gasteiger partial charge < -0.3 is 16.9 Å². The first-order valence-corrected chi connectivity index (χ1v) is 11.4. The molecule has 0 radical (unpaired) electrons. The average Bonchev–Trinajstić information content (AvgIpc) is 3.21. The van der Waals surface area contributed by atoms with E-state index in [1.807, 2.05) is 0 Å². The molecule has 1 unspecified atom stereocenters. The number of amidine groups is 1. The van der Waals surface area contributed by atoms with Crippen LogP contribution in [0.5, 0.6) is 0 Å². The van der Waals surface area contributed by atoms with E-state index in [1.54, 1.807) is 12.1 Å². The molecule has 1 saturated carbocycles. The molecule has 1 amide bonds. The smallest absolute Gasteiger partial charge is 0.257 e. The summed E-state index contributed by atoms with van der Waals surface area (Å²) in [6.07, 6.45) is 0.993. The number of carbonyl (C=O) groups excluding carboxylic acids is 2. The predicted octanol–water partition coefficient (Wildman–Crippen LogP) is 1.94. The fraction of sp³-hybridized carbons (Fsp3) is 0.318. The van der Waals surface area contributed by atoms with Crippen LogP contribution in [-0.4, -0.2) is 47.6 Å². The summed E-state index contributed by atoms with van der Waals surface area (Å²) in [5.41, 5.74) is 6.56. The van der Waals surface area contributed by atoms with E-state index in [2.05, 4.69) is 16.2 Å². The van der Waals surface area contributed by atoms with Crippen molar-refractivity contribution in [3.63, 3.8) is 0 Å². The number of anilines is 1. The second kappa shape index (κ2) is 12.6. The lowest BCUT2D eigenvalue weighted by Gasteiger charge is -2.21. The first-order chi connectivity index (χ1) is 16.7. The van der Waals surface area contributed by atoms with Crippen LogP contribution in [0.1, 0.15) is 51.5 Å². The molecule has 0 heterocycles. The van der Waals surface area contributed by atoms with Gasteiger partial charge in [0.05, 0.1) is 5.56 Å². The Hall–Kier alpha value is -3.10. The van der Waals surface area contributed by atoms with Gasteiger partial charge in [0, 0.05) is 47.7 Å². The van der Waals surface area contributed by atoms with Crippen LogP contribution in [0, 0.1) is 0 Å². The highest BCUT2D eigenvalue weighted by Gasteiger charge is 2.45. The first-order valence-electron chi connectivity index (χ1n) is 10.6. The molecule has 0 aliphatic heterocycles.